The van der Waals surface area contributed by atoms with Crippen molar-refractivity contribution in [1.82, 2.24) is 0 Å². The molecule has 0 saturated carbocycles. The van der Waals surface area contributed by atoms with Gasteiger partial charge in [0.2, 0.25) is 0 Å². The summed E-state index contributed by atoms with van der Waals surface area (Å²) in [6, 6.07) is 6.86. The van der Waals surface area contributed by atoms with Gasteiger partial charge in [-0.1, -0.05) is 6.58 Å². The molecule has 0 unspecified atom stereocenters. The van der Waals surface area contributed by atoms with Gasteiger partial charge >= 0.3 is 11.9 Å². The Labute approximate surface area is 137 Å². The van der Waals surface area contributed by atoms with Crippen LogP contribution in [-0.2, 0) is 14.3 Å². The van der Waals surface area contributed by atoms with E-state index in [-0.39, 0.29) is 11.9 Å². The quantitative estimate of drug-likeness (QED) is 0.375. The second kappa shape index (κ2) is 10.4. The average molecular weight is 320 g/mol. The van der Waals surface area contributed by atoms with Crippen LogP contribution in [0.1, 0.15) is 43.0 Å². The van der Waals surface area contributed by atoms with E-state index in [4.69, 9.17) is 9.47 Å². The molecule has 1 rings (SSSR count). The zero-order chi connectivity index (χ0) is 17.1. The van der Waals surface area contributed by atoms with E-state index in [9.17, 15) is 9.59 Å². The number of hydrogen-bond acceptors (Lipinski definition) is 5. The molecule has 126 valence electrons. The van der Waals surface area contributed by atoms with Gasteiger partial charge in [-0.15, -0.1) is 0 Å². The number of benzene rings is 1. The van der Waals surface area contributed by atoms with Crippen molar-refractivity contribution in [3.63, 3.8) is 0 Å². The fourth-order valence-corrected chi connectivity index (χ4v) is 1.84. The van der Waals surface area contributed by atoms with Gasteiger partial charge in [-0.3, -0.25) is 0 Å². The number of carbonyl (C=O) groups excluding carboxylic acids is 2. The lowest BCUT2D eigenvalue weighted by molar-refractivity contribution is -0.139. The van der Waals surface area contributed by atoms with Crippen molar-refractivity contribution >= 4 is 11.9 Å². The first kappa shape index (κ1) is 18.7. The maximum Gasteiger partial charge on any atom is 0.337 e. The van der Waals surface area contributed by atoms with Gasteiger partial charge in [-0.25, -0.2) is 9.59 Å². The highest BCUT2D eigenvalue weighted by Gasteiger charge is 2.04. The Hall–Kier alpha value is -2.30. The van der Waals surface area contributed by atoms with Crippen LogP contribution >= 0.6 is 0 Å². The summed E-state index contributed by atoms with van der Waals surface area (Å²) >= 11 is 0. The van der Waals surface area contributed by atoms with Gasteiger partial charge in [-0.05, 0) is 56.9 Å². The second-order valence-corrected chi connectivity index (χ2v) is 5.19. The second-order valence-electron chi connectivity index (χ2n) is 5.19. The molecule has 0 amide bonds. The van der Waals surface area contributed by atoms with Gasteiger partial charge in [0, 0.05) is 5.57 Å². The van der Waals surface area contributed by atoms with Gasteiger partial charge in [0.15, 0.2) is 0 Å². The largest absolute Gasteiger partial charge is 0.494 e. The topological polar surface area (TPSA) is 61.8 Å². The third kappa shape index (κ3) is 7.49. The Kier molecular flexibility index (Phi) is 8.50. The molecule has 1 aromatic rings. The number of esters is 2. The molecule has 0 bridgehead atoms. The smallest absolute Gasteiger partial charge is 0.337 e. The van der Waals surface area contributed by atoms with Crippen LogP contribution in [0, 0.1) is 0 Å². The van der Waals surface area contributed by atoms with Crippen LogP contribution in [0.4, 0.5) is 0 Å². The minimum Gasteiger partial charge on any atom is -0.494 e. The lowest BCUT2D eigenvalue weighted by Gasteiger charge is -2.07. The summed E-state index contributed by atoms with van der Waals surface area (Å²) in [5.74, 6) is 0.0423. The Balaban J connectivity index is 2.08. The SMILES string of the molecule is C=C(C)C(=O)OCCCCCCOc1ccc(C(=O)OC)cc1. The van der Waals surface area contributed by atoms with Crippen molar-refractivity contribution < 1.29 is 23.8 Å². The van der Waals surface area contributed by atoms with Crippen molar-refractivity contribution in [3.05, 3.63) is 42.0 Å². The summed E-state index contributed by atoms with van der Waals surface area (Å²) in [6.07, 6.45) is 3.75. The van der Waals surface area contributed by atoms with Gasteiger partial charge < -0.3 is 14.2 Å². The number of rotatable bonds is 10. The van der Waals surface area contributed by atoms with E-state index in [0.29, 0.717) is 24.4 Å². The molecular formula is C18H24O5. The highest BCUT2D eigenvalue weighted by atomic mass is 16.5. The van der Waals surface area contributed by atoms with Crippen LogP contribution in [0.5, 0.6) is 5.75 Å². The fraction of sp³-hybridized carbons (Fsp3) is 0.444. The molecule has 0 fully saturated rings. The van der Waals surface area contributed by atoms with Crippen LogP contribution in [0.2, 0.25) is 0 Å². The predicted octanol–water partition coefficient (Wildman–Crippen LogP) is 3.53. The molecule has 0 saturated heterocycles. The van der Waals surface area contributed by atoms with Crippen molar-refractivity contribution in [2.45, 2.75) is 32.6 Å². The fourth-order valence-electron chi connectivity index (χ4n) is 1.84. The van der Waals surface area contributed by atoms with Gasteiger partial charge in [0.05, 0.1) is 25.9 Å². The predicted molar refractivity (Wildman–Crippen MR) is 87.5 cm³/mol. The normalized spacial score (nSPS) is 10.0. The molecule has 1 aromatic carbocycles. The summed E-state index contributed by atoms with van der Waals surface area (Å²) in [5, 5.41) is 0. The third-order valence-electron chi connectivity index (χ3n) is 3.16. The minimum atomic E-state index is -0.358. The van der Waals surface area contributed by atoms with E-state index in [1.54, 1.807) is 31.2 Å². The van der Waals surface area contributed by atoms with Crippen LogP contribution in [0.15, 0.2) is 36.4 Å². The maximum atomic E-state index is 11.3. The van der Waals surface area contributed by atoms with Gasteiger partial charge in [-0.2, -0.15) is 0 Å². The molecule has 0 N–H and O–H groups in total. The Morgan fingerprint density at radius 2 is 1.61 bits per heavy atom. The monoisotopic (exact) mass is 320 g/mol. The molecule has 0 heterocycles. The number of unbranched alkanes of at least 4 members (excludes halogenated alkanes) is 3. The lowest BCUT2D eigenvalue weighted by atomic mass is 10.2. The van der Waals surface area contributed by atoms with E-state index in [2.05, 4.69) is 11.3 Å². The van der Waals surface area contributed by atoms with Crippen molar-refractivity contribution in [3.8, 4) is 5.75 Å². The molecular weight excluding hydrogens is 296 g/mol. The van der Waals surface area contributed by atoms with Gasteiger partial charge in [0.25, 0.3) is 0 Å². The van der Waals surface area contributed by atoms with E-state index in [1.165, 1.54) is 7.11 Å². The first-order valence-electron chi connectivity index (χ1n) is 7.68. The molecule has 0 aliphatic carbocycles. The molecule has 23 heavy (non-hydrogen) atoms. The molecule has 5 nitrogen and oxygen atoms in total. The third-order valence-corrected chi connectivity index (χ3v) is 3.16. The van der Waals surface area contributed by atoms with E-state index in [1.807, 2.05) is 0 Å². The lowest BCUT2D eigenvalue weighted by Crippen LogP contribution is -2.06. The van der Waals surface area contributed by atoms with E-state index < -0.39 is 0 Å². The number of methoxy groups -OCH3 is 1. The maximum absolute atomic E-state index is 11.3. The summed E-state index contributed by atoms with van der Waals surface area (Å²) in [5.41, 5.74) is 0.931. The van der Waals surface area contributed by atoms with Gasteiger partial charge in [0.1, 0.15) is 5.75 Å². The molecule has 0 radical (unpaired) electrons. The molecule has 0 aliphatic rings. The highest BCUT2D eigenvalue weighted by Crippen LogP contribution is 2.13. The number of hydrogen-bond donors (Lipinski definition) is 0. The summed E-state index contributed by atoms with van der Waals surface area (Å²) in [4.78, 5) is 22.4. The van der Waals surface area contributed by atoms with Crippen molar-refractivity contribution in [1.29, 1.82) is 0 Å². The first-order valence-corrected chi connectivity index (χ1v) is 7.68. The van der Waals surface area contributed by atoms with Crippen molar-refractivity contribution in [2.24, 2.45) is 0 Å². The van der Waals surface area contributed by atoms with E-state index >= 15 is 0 Å². The molecule has 5 heteroatoms. The average Bonchev–Trinajstić information content (AvgIpc) is 2.56. The summed E-state index contributed by atoms with van der Waals surface area (Å²) in [6.45, 7) is 6.21. The highest BCUT2D eigenvalue weighted by molar-refractivity contribution is 5.89. The molecule has 0 atom stereocenters. The minimum absolute atomic E-state index is 0.330. The van der Waals surface area contributed by atoms with E-state index in [0.717, 1.165) is 31.4 Å². The Morgan fingerprint density at radius 3 is 2.17 bits per heavy atom. The molecule has 0 aromatic heterocycles. The first-order chi connectivity index (χ1) is 11.0. The zero-order valence-corrected chi connectivity index (χ0v) is 13.8. The number of carbonyl (C=O) groups is 2. The molecule has 0 spiro atoms. The zero-order valence-electron chi connectivity index (χ0n) is 13.8. The summed E-state index contributed by atoms with van der Waals surface area (Å²) in [7, 11) is 1.35. The van der Waals surface area contributed by atoms with Crippen LogP contribution in [0.25, 0.3) is 0 Å². The Bertz CT molecular complexity index is 519. The van der Waals surface area contributed by atoms with Crippen LogP contribution in [0.3, 0.4) is 0 Å². The number of ether oxygens (including phenoxy) is 3. The standard InChI is InChI=1S/C18H24O5/c1-14(2)17(19)23-13-7-5-4-6-12-22-16-10-8-15(9-11-16)18(20)21-3/h8-11H,1,4-7,12-13H2,2-3H3. The summed E-state index contributed by atoms with van der Waals surface area (Å²) < 4.78 is 15.2. The Morgan fingerprint density at radius 1 is 1.00 bits per heavy atom. The van der Waals surface area contributed by atoms with Crippen LogP contribution < -0.4 is 4.74 Å². The molecule has 0 aliphatic heterocycles. The van der Waals surface area contributed by atoms with Crippen molar-refractivity contribution in [2.75, 3.05) is 20.3 Å². The van der Waals surface area contributed by atoms with Crippen LogP contribution in [-0.4, -0.2) is 32.3 Å².